The quantitative estimate of drug-likeness (QED) is 0.147. The number of rotatable bonds is 16. The van der Waals surface area contributed by atoms with E-state index in [1.807, 2.05) is 12.1 Å². The minimum absolute atomic E-state index is 0.342. The van der Waals surface area contributed by atoms with Gasteiger partial charge >= 0.3 is 5.97 Å². The zero-order valence-electron chi connectivity index (χ0n) is 23.8. The molecule has 1 N–H and O–H groups in total. The van der Waals surface area contributed by atoms with E-state index in [0.717, 1.165) is 45.3 Å². The summed E-state index contributed by atoms with van der Waals surface area (Å²) in [6.07, 6.45) is 7.88. The molecular formula is C37H43NO2. The number of carboxylic acids is 1. The molecule has 0 aliphatic rings. The molecule has 208 valence electrons. The zero-order chi connectivity index (χ0) is 28.0. The van der Waals surface area contributed by atoms with E-state index in [-0.39, 0.29) is 0 Å². The van der Waals surface area contributed by atoms with Gasteiger partial charge in [0.05, 0.1) is 5.56 Å². The average molecular weight is 534 g/mol. The summed E-state index contributed by atoms with van der Waals surface area (Å²) in [7, 11) is 0. The Hall–Kier alpha value is -3.69. The Labute approximate surface area is 240 Å². The SMILES string of the molecule is CCCCCN(Cc1ccc(C(=O)O)cc1)CC(CCc1ccc(CCc2ccccc2)cc1)c1ccccc1. The number of aryl methyl sites for hydroxylation is 3. The Kier molecular flexibility index (Phi) is 11.6. The summed E-state index contributed by atoms with van der Waals surface area (Å²) in [6, 6.07) is 38.2. The summed E-state index contributed by atoms with van der Waals surface area (Å²) in [6.45, 7) is 5.12. The maximum absolute atomic E-state index is 11.3. The third kappa shape index (κ3) is 9.50. The molecule has 40 heavy (non-hydrogen) atoms. The highest BCUT2D eigenvalue weighted by Gasteiger charge is 2.17. The first-order valence-electron chi connectivity index (χ1n) is 14.8. The van der Waals surface area contributed by atoms with Crippen LogP contribution in [-0.2, 0) is 25.8 Å². The molecule has 0 saturated carbocycles. The van der Waals surface area contributed by atoms with Crippen LogP contribution in [0, 0.1) is 0 Å². The van der Waals surface area contributed by atoms with Gasteiger partial charge in [0, 0.05) is 13.1 Å². The van der Waals surface area contributed by atoms with Crippen LogP contribution in [0.2, 0.25) is 0 Å². The lowest BCUT2D eigenvalue weighted by Crippen LogP contribution is -2.30. The fraction of sp³-hybridized carbons (Fsp3) is 0.324. The predicted molar refractivity (Wildman–Crippen MR) is 166 cm³/mol. The van der Waals surface area contributed by atoms with Crippen LogP contribution in [-0.4, -0.2) is 29.1 Å². The molecule has 0 aromatic heterocycles. The van der Waals surface area contributed by atoms with Gasteiger partial charge in [-0.1, -0.05) is 117 Å². The first-order valence-corrected chi connectivity index (χ1v) is 14.8. The molecule has 0 spiro atoms. The molecule has 0 bridgehead atoms. The van der Waals surface area contributed by atoms with Crippen molar-refractivity contribution in [2.24, 2.45) is 0 Å². The van der Waals surface area contributed by atoms with Crippen molar-refractivity contribution in [3.05, 3.63) is 143 Å². The summed E-state index contributed by atoms with van der Waals surface area (Å²) < 4.78 is 0. The number of hydrogen-bond donors (Lipinski definition) is 1. The lowest BCUT2D eigenvalue weighted by molar-refractivity contribution is 0.0697. The second-order valence-electron chi connectivity index (χ2n) is 10.9. The number of nitrogens with zero attached hydrogens (tertiary/aromatic N) is 1. The topological polar surface area (TPSA) is 40.5 Å². The van der Waals surface area contributed by atoms with Gasteiger partial charge in [-0.05, 0) is 84.5 Å². The van der Waals surface area contributed by atoms with Crippen LogP contribution < -0.4 is 0 Å². The van der Waals surface area contributed by atoms with Crippen LogP contribution in [0.25, 0.3) is 0 Å². The molecule has 4 rings (SSSR count). The van der Waals surface area contributed by atoms with E-state index in [1.165, 1.54) is 47.1 Å². The Balaban J connectivity index is 1.41. The maximum atomic E-state index is 11.3. The molecule has 0 heterocycles. The van der Waals surface area contributed by atoms with Crippen LogP contribution >= 0.6 is 0 Å². The molecule has 3 heteroatoms. The zero-order valence-corrected chi connectivity index (χ0v) is 23.8. The minimum atomic E-state index is -0.875. The molecular weight excluding hydrogens is 490 g/mol. The Morgan fingerprint density at radius 1 is 0.675 bits per heavy atom. The van der Waals surface area contributed by atoms with Crippen LogP contribution in [0.5, 0.6) is 0 Å². The number of unbranched alkanes of at least 4 members (excludes halogenated alkanes) is 2. The van der Waals surface area contributed by atoms with Crippen LogP contribution in [0.4, 0.5) is 0 Å². The van der Waals surface area contributed by atoms with Crippen LogP contribution in [0.3, 0.4) is 0 Å². The van der Waals surface area contributed by atoms with Gasteiger partial charge < -0.3 is 5.11 Å². The maximum Gasteiger partial charge on any atom is 0.335 e. The van der Waals surface area contributed by atoms with Gasteiger partial charge in [-0.15, -0.1) is 0 Å². The molecule has 0 aliphatic heterocycles. The first-order chi connectivity index (χ1) is 19.6. The number of hydrogen-bond acceptors (Lipinski definition) is 2. The second-order valence-corrected chi connectivity index (χ2v) is 10.9. The lowest BCUT2D eigenvalue weighted by atomic mass is 9.91. The number of benzene rings is 4. The summed E-state index contributed by atoms with van der Waals surface area (Å²) in [4.78, 5) is 13.9. The monoisotopic (exact) mass is 533 g/mol. The molecule has 4 aromatic rings. The molecule has 3 nitrogen and oxygen atoms in total. The van der Waals surface area contributed by atoms with Gasteiger partial charge in [-0.3, -0.25) is 4.90 Å². The number of carbonyl (C=O) groups is 1. The van der Waals surface area contributed by atoms with Crippen LogP contribution in [0.1, 0.15) is 76.7 Å². The fourth-order valence-corrected chi connectivity index (χ4v) is 5.38. The van der Waals surface area contributed by atoms with E-state index in [2.05, 4.69) is 96.8 Å². The molecule has 0 aliphatic carbocycles. The highest BCUT2D eigenvalue weighted by Crippen LogP contribution is 2.25. The normalized spacial score (nSPS) is 11.9. The van der Waals surface area contributed by atoms with E-state index in [9.17, 15) is 9.90 Å². The summed E-state index contributed by atoms with van der Waals surface area (Å²) in [5.74, 6) is -0.446. The molecule has 0 amide bonds. The molecule has 0 saturated heterocycles. The van der Waals surface area contributed by atoms with E-state index >= 15 is 0 Å². The van der Waals surface area contributed by atoms with Crippen molar-refractivity contribution in [2.45, 2.75) is 64.3 Å². The average Bonchev–Trinajstić information content (AvgIpc) is 3.00. The number of carboxylic acid groups (broad SMARTS) is 1. The molecule has 4 aromatic carbocycles. The van der Waals surface area contributed by atoms with Gasteiger partial charge in [0.1, 0.15) is 0 Å². The molecule has 1 atom stereocenters. The summed E-state index contributed by atoms with van der Waals surface area (Å²) in [5, 5.41) is 9.28. The summed E-state index contributed by atoms with van der Waals surface area (Å²) >= 11 is 0. The van der Waals surface area contributed by atoms with Gasteiger partial charge in [-0.2, -0.15) is 0 Å². The van der Waals surface area contributed by atoms with Crippen molar-refractivity contribution in [1.29, 1.82) is 0 Å². The van der Waals surface area contributed by atoms with Crippen molar-refractivity contribution in [2.75, 3.05) is 13.1 Å². The third-order valence-corrected chi connectivity index (χ3v) is 7.78. The fourth-order valence-electron chi connectivity index (χ4n) is 5.38. The Morgan fingerprint density at radius 2 is 1.23 bits per heavy atom. The van der Waals surface area contributed by atoms with Gasteiger partial charge in [0.2, 0.25) is 0 Å². The summed E-state index contributed by atoms with van der Waals surface area (Å²) in [5.41, 5.74) is 7.07. The van der Waals surface area contributed by atoms with E-state index in [1.54, 1.807) is 12.1 Å². The van der Waals surface area contributed by atoms with Gasteiger partial charge in [0.25, 0.3) is 0 Å². The minimum Gasteiger partial charge on any atom is -0.478 e. The van der Waals surface area contributed by atoms with Crippen molar-refractivity contribution in [3.8, 4) is 0 Å². The van der Waals surface area contributed by atoms with Gasteiger partial charge in [0.15, 0.2) is 0 Å². The molecule has 0 radical (unpaired) electrons. The molecule has 0 fully saturated rings. The van der Waals surface area contributed by atoms with Crippen LogP contribution in [0.15, 0.2) is 109 Å². The second kappa shape index (κ2) is 15.8. The molecule has 1 unspecified atom stereocenters. The van der Waals surface area contributed by atoms with Crippen molar-refractivity contribution >= 4 is 5.97 Å². The smallest absolute Gasteiger partial charge is 0.335 e. The lowest BCUT2D eigenvalue weighted by Gasteiger charge is -2.28. The van der Waals surface area contributed by atoms with Gasteiger partial charge in [-0.25, -0.2) is 4.79 Å². The Morgan fingerprint density at radius 3 is 1.82 bits per heavy atom. The van der Waals surface area contributed by atoms with Crippen molar-refractivity contribution < 1.29 is 9.90 Å². The largest absolute Gasteiger partial charge is 0.478 e. The predicted octanol–water partition coefficient (Wildman–Crippen LogP) is 8.58. The van der Waals surface area contributed by atoms with E-state index in [4.69, 9.17) is 0 Å². The standard InChI is InChI=1S/C37H43NO2/c1-2-3-10-27-38(28-33-22-24-35(25-23-33)37(39)40)29-36(34-13-8-5-9-14-34)26-21-32-19-17-31(18-20-32)16-15-30-11-6-4-7-12-30/h4-9,11-14,17-20,22-25,36H,2-3,10,15-16,21,26-29H2,1H3,(H,39,40). The van der Waals surface area contributed by atoms with Crippen molar-refractivity contribution in [3.63, 3.8) is 0 Å². The van der Waals surface area contributed by atoms with E-state index in [0.29, 0.717) is 11.5 Å². The van der Waals surface area contributed by atoms with E-state index < -0.39 is 5.97 Å². The third-order valence-electron chi connectivity index (χ3n) is 7.78. The first kappa shape index (κ1) is 29.3. The number of aromatic carboxylic acids is 1. The highest BCUT2D eigenvalue weighted by atomic mass is 16.4. The Bertz CT molecular complexity index is 1270. The highest BCUT2D eigenvalue weighted by molar-refractivity contribution is 5.87. The van der Waals surface area contributed by atoms with Crippen molar-refractivity contribution in [1.82, 2.24) is 4.90 Å².